The fourth-order valence-corrected chi connectivity index (χ4v) is 7.50. The highest BCUT2D eigenvalue weighted by molar-refractivity contribution is 8.13. The molecule has 8 heteroatoms. The van der Waals surface area contributed by atoms with E-state index in [-0.39, 0.29) is 6.10 Å². The number of aliphatic imine (C=N–C) groups is 1. The second-order valence-electron chi connectivity index (χ2n) is 7.88. The number of fused-ring (bicyclic) bond motifs is 1. The molecule has 0 spiro atoms. The molecule has 1 unspecified atom stereocenters. The lowest BCUT2D eigenvalue weighted by molar-refractivity contribution is 0.159. The number of benzene rings is 2. The van der Waals surface area contributed by atoms with Crippen molar-refractivity contribution in [2.45, 2.75) is 45.1 Å². The van der Waals surface area contributed by atoms with Crippen molar-refractivity contribution in [3.63, 3.8) is 0 Å². The van der Waals surface area contributed by atoms with Crippen molar-refractivity contribution in [3.05, 3.63) is 70.9 Å². The molecule has 0 N–H and O–H groups in total. The van der Waals surface area contributed by atoms with Gasteiger partial charge in [0.25, 0.3) is 6.49 Å². The Morgan fingerprint density at radius 2 is 1.77 bits per heavy atom. The van der Waals surface area contributed by atoms with Gasteiger partial charge in [0.05, 0.1) is 17.5 Å². The van der Waals surface area contributed by atoms with Gasteiger partial charge in [-0.2, -0.15) is 10.1 Å². The lowest BCUT2D eigenvalue weighted by Gasteiger charge is -2.32. The summed E-state index contributed by atoms with van der Waals surface area (Å²) in [6, 6.07) is 17.4. The summed E-state index contributed by atoms with van der Waals surface area (Å²) in [6.45, 7) is -0.902. The van der Waals surface area contributed by atoms with E-state index in [2.05, 4.69) is 0 Å². The summed E-state index contributed by atoms with van der Waals surface area (Å²) in [5.74, 6) is 1.15. The molecule has 1 aliphatic carbocycles. The van der Waals surface area contributed by atoms with Crippen molar-refractivity contribution >= 4 is 46.9 Å². The van der Waals surface area contributed by atoms with Crippen molar-refractivity contribution in [2.75, 3.05) is 0 Å². The Bertz CT molecular complexity index is 1170. The van der Waals surface area contributed by atoms with E-state index in [0.717, 1.165) is 47.9 Å². The van der Waals surface area contributed by atoms with Gasteiger partial charge in [-0.05, 0) is 68.0 Å². The third-order valence-corrected chi connectivity index (χ3v) is 8.97. The maximum atomic E-state index is 6.60. The molecule has 1 aliphatic heterocycles. The first-order chi connectivity index (χ1) is 15.0. The normalized spacial score (nSPS) is 21.3. The quantitative estimate of drug-likeness (QED) is 0.423. The van der Waals surface area contributed by atoms with Gasteiger partial charge in [-0.1, -0.05) is 49.1 Å². The number of aromatic nitrogens is 2. The molecule has 5 rings (SSSR count). The van der Waals surface area contributed by atoms with E-state index in [1.54, 1.807) is 0 Å². The van der Waals surface area contributed by atoms with Crippen LogP contribution in [0.1, 0.15) is 43.4 Å². The highest BCUT2D eigenvalue weighted by Crippen LogP contribution is 2.56. The average Bonchev–Trinajstić information content (AvgIpc) is 3.12. The minimum atomic E-state index is -2.86. The lowest BCUT2D eigenvalue weighted by atomic mass is 9.98. The van der Waals surface area contributed by atoms with E-state index in [1.165, 1.54) is 6.42 Å². The van der Waals surface area contributed by atoms with Gasteiger partial charge >= 0.3 is 0 Å². The van der Waals surface area contributed by atoms with Crippen LogP contribution in [-0.2, 0) is 20.9 Å². The Morgan fingerprint density at radius 1 is 1.06 bits per heavy atom. The molecule has 1 aromatic heterocycles. The Kier molecular flexibility index (Phi) is 5.74. The van der Waals surface area contributed by atoms with Gasteiger partial charge in [0.1, 0.15) is 5.30 Å². The Balaban J connectivity index is 1.65. The molecule has 2 aliphatic rings. The van der Waals surface area contributed by atoms with Gasteiger partial charge in [0.2, 0.25) is 5.90 Å². The van der Waals surface area contributed by atoms with Gasteiger partial charge in [0, 0.05) is 10.6 Å². The van der Waals surface area contributed by atoms with E-state index in [1.807, 2.05) is 66.2 Å². The Hall–Kier alpha value is -1.98. The van der Waals surface area contributed by atoms with Crippen LogP contribution in [-0.4, -0.2) is 21.8 Å². The van der Waals surface area contributed by atoms with Gasteiger partial charge in [-0.15, -0.1) is 0 Å². The molecular formula is C23H23ClN3O2PS. The van der Waals surface area contributed by atoms with E-state index in [9.17, 15) is 0 Å². The van der Waals surface area contributed by atoms with Crippen LogP contribution in [0.5, 0.6) is 0 Å². The second-order valence-corrected chi connectivity index (χ2v) is 11.6. The van der Waals surface area contributed by atoms with Crippen LogP contribution >= 0.6 is 18.1 Å². The number of hydrogen-bond acceptors (Lipinski definition) is 5. The molecule has 160 valence electrons. The molecule has 1 atom stereocenters. The van der Waals surface area contributed by atoms with Crippen LogP contribution in [0.15, 0.2) is 59.6 Å². The topological polar surface area (TPSA) is 48.6 Å². The lowest BCUT2D eigenvalue weighted by Crippen LogP contribution is -2.25. The summed E-state index contributed by atoms with van der Waals surface area (Å²) >= 11 is 12.2. The molecule has 0 saturated heterocycles. The summed E-state index contributed by atoms with van der Waals surface area (Å²) in [6.07, 6.45) is 5.70. The summed E-state index contributed by atoms with van der Waals surface area (Å²) < 4.78 is 14.9. The summed E-state index contributed by atoms with van der Waals surface area (Å²) in [7, 11) is 0. The molecule has 1 saturated carbocycles. The molecule has 2 heterocycles. The van der Waals surface area contributed by atoms with Crippen molar-refractivity contribution in [1.29, 1.82) is 0 Å². The number of rotatable bonds is 4. The number of para-hydroxylation sites is 1. The van der Waals surface area contributed by atoms with Crippen molar-refractivity contribution in [3.8, 4) is 5.69 Å². The zero-order chi connectivity index (χ0) is 21.4. The summed E-state index contributed by atoms with van der Waals surface area (Å²) in [5.41, 5.74) is 2.54. The monoisotopic (exact) mass is 471 g/mol. The third-order valence-electron chi connectivity index (χ3n) is 5.63. The highest BCUT2D eigenvalue weighted by Gasteiger charge is 2.40. The number of hydrogen-bond donors (Lipinski definition) is 0. The second kappa shape index (κ2) is 8.51. The predicted octanol–water partition coefficient (Wildman–Crippen LogP) is 6.23. The summed E-state index contributed by atoms with van der Waals surface area (Å²) in [4.78, 5) is 4.86. The van der Waals surface area contributed by atoms with Crippen LogP contribution in [0.2, 0.25) is 5.02 Å². The maximum absolute atomic E-state index is 6.60. The standard InChI is InChI=1S/C23H23ClN3O2PS/c1-16-21-22(27(26-16)19-8-4-2-5-9-19)25-23(17-12-14-18(24)15-13-17)29-30(21,31)28-20-10-6-3-7-11-20/h2,4-5,8-9,12-15,20H,3,6-7,10-11H2,1H3. The van der Waals surface area contributed by atoms with Crippen LogP contribution in [0.25, 0.3) is 5.69 Å². The molecule has 0 radical (unpaired) electrons. The smallest absolute Gasteiger partial charge is 0.276 e. The van der Waals surface area contributed by atoms with Crippen molar-refractivity contribution in [1.82, 2.24) is 9.78 Å². The molecule has 3 aromatic rings. The first kappa shape index (κ1) is 20.9. The minimum absolute atomic E-state index is 0.108. The van der Waals surface area contributed by atoms with Gasteiger partial charge in [0.15, 0.2) is 5.82 Å². The molecule has 2 aromatic carbocycles. The minimum Gasteiger partial charge on any atom is -0.421 e. The predicted molar refractivity (Wildman–Crippen MR) is 129 cm³/mol. The Labute approximate surface area is 192 Å². The third kappa shape index (κ3) is 4.10. The summed E-state index contributed by atoms with van der Waals surface area (Å²) in [5, 5.41) is 6.25. The highest BCUT2D eigenvalue weighted by atomic mass is 35.5. The number of nitrogens with zero attached hydrogens (tertiary/aromatic N) is 3. The SMILES string of the molecule is Cc1nn(-c2ccccc2)c2c1P(=S)(OC1CCCCC1)OC(c1ccc(Cl)cc1)=N2. The van der Waals surface area contributed by atoms with E-state index >= 15 is 0 Å². The zero-order valence-electron chi connectivity index (χ0n) is 17.2. The molecule has 31 heavy (non-hydrogen) atoms. The molecule has 0 bridgehead atoms. The van der Waals surface area contributed by atoms with Gasteiger partial charge in [-0.25, -0.2) is 4.68 Å². The molecule has 1 fully saturated rings. The van der Waals surface area contributed by atoms with Gasteiger partial charge in [-0.3, -0.25) is 0 Å². The van der Waals surface area contributed by atoms with E-state index in [0.29, 0.717) is 16.7 Å². The van der Waals surface area contributed by atoms with Crippen molar-refractivity contribution in [2.24, 2.45) is 4.99 Å². The number of aryl methyl sites for hydroxylation is 1. The van der Waals surface area contributed by atoms with Crippen LogP contribution in [0, 0.1) is 6.92 Å². The van der Waals surface area contributed by atoms with Crippen LogP contribution in [0.3, 0.4) is 0 Å². The zero-order valence-corrected chi connectivity index (χ0v) is 19.7. The first-order valence-electron chi connectivity index (χ1n) is 10.5. The van der Waals surface area contributed by atoms with Crippen LogP contribution in [0.4, 0.5) is 5.82 Å². The van der Waals surface area contributed by atoms with Gasteiger partial charge < -0.3 is 9.05 Å². The fraction of sp³-hybridized carbons (Fsp3) is 0.304. The Morgan fingerprint density at radius 3 is 2.48 bits per heavy atom. The van der Waals surface area contributed by atoms with E-state index < -0.39 is 6.49 Å². The van der Waals surface area contributed by atoms with Crippen molar-refractivity contribution < 1.29 is 9.05 Å². The molecular weight excluding hydrogens is 449 g/mol. The molecule has 5 nitrogen and oxygen atoms in total. The molecule has 0 amide bonds. The largest absolute Gasteiger partial charge is 0.421 e. The fourth-order valence-electron chi connectivity index (χ4n) is 4.10. The average molecular weight is 472 g/mol. The number of halogens is 1. The van der Waals surface area contributed by atoms with Crippen LogP contribution < -0.4 is 5.30 Å². The first-order valence-corrected chi connectivity index (χ1v) is 13.5. The maximum Gasteiger partial charge on any atom is 0.276 e. The van der Waals surface area contributed by atoms with E-state index in [4.69, 9.17) is 42.5 Å².